The normalized spacial score (nSPS) is 13.2. The average Bonchev–Trinajstić information content (AvgIpc) is 2.89. The summed E-state index contributed by atoms with van der Waals surface area (Å²) in [6.07, 6.45) is 2.75. The molecule has 0 saturated heterocycles. The van der Waals surface area contributed by atoms with E-state index in [1.807, 2.05) is 24.3 Å². The number of ketones is 1. The maximum Gasteiger partial charge on any atom is 0.339 e. The van der Waals surface area contributed by atoms with Gasteiger partial charge in [-0.2, -0.15) is 0 Å². The molecule has 0 saturated carbocycles. The molecule has 0 spiro atoms. The Morgan fingerprint density at radius 2 is 2.05 bits per heavy atom. The Morgan fingerprint density at radius 1 is 1.25 bits per heavy atom. The molecule has 0 bridgehead atoms. The van der Waals surface area contributed by atoms with Gasteiger partial charge in [0.25, 0.3) is 0 Å². The first-order chi connectivity index (χ1) is 9.66. The second-order valence-electron chi connectivity index (χ2n) is 5.06. The molecule has 0 atom stereocenters. The first kappa shape index (κ1) is 12.8. The maximum absolute atomic E-state index is 12.3. The molecule has 1 aromatic heterocycles. The van der Waals surface area contributed by atoms with E-state index in [0.717, 1.165) is 41.4 Å². The molecule has 1 heterocycles. The van der Waals surface area contributed by atoms with Gasteiger partial charge in [0.15, 0.2) is 5.78 Å². The molecular weight excluding hydrogens is 254 g/mol. The van der Waals surface area contributed by atoms with Gasteiger partial charge in [0, 0.05) is 11.1 Å². The van der Waals surface area contributed by atoms with Gasteiger partial charge in [-0.15, -0.1) is 0 Å². The van der Waals surface area contributed by atoms with Crippen LogP contribution in [-0.4, -0.2) is 23.3 Å². The van der Waals surface area contributed by atoms with Crippen LogP contribution in [0.25, 0.3) is 10.9 Å². The van der Waals surface area contributed by atoms with Crippen molar-refractivity contribution in [2.24, 2.45) is 0 Å². The van der Waals surface area contributed by atoms with Gasteiger partial charge in [-0.05, 0) is 37.8 Å². The van der Waals surface area contributed by atoms with E-state index in [9.17, 15) is 9.59 Å². The molecule has 4 heteroatoms. The maximum atomic E-state index is 12.3. The molecule has 0 aliphatic heterocycles. The lowest BCUT2D eigenvalue weighted by Crippen LogP contribution is -2.14. The van der Waals surface area contributed by atoms with Crippen LogP contribution < -0.4 is 0 Å². The number of hydrogen-bond acceptors (Lipinski definition) is 4. The van der Waals surface area contributed by atoms with Crippen LogP contribution in [0.2, 0.25) is 0 Å². The zero-order chi connectivity index (χ0) is 14.1. The standard InChI is InChI=1S/C16H15NO3/c1-10(18)9-20-16(19)15-11-5-2-3-7-13(11)17-14-8-4-6-12(14)15/h2-3,5,7H,4,6,8-9H2,1H3. The SMILES string of the molecule is CC(=O)COC(=O)c1c2c(nc3ccccc13)CCC2. The third-order valence-corrected chi connectivity index (χ3v) is 3.53. The molecule has 3 rings (SSSR count). The molecule has 1 aliphatic rings. The molecule has 0 N–H and O–H groups in total. The largest absolute Gasteiger partial charge is 0.454 e. The molecule has 4 nitrogen and oxygen atoms in total. The number of rotatable bonds is 3. The molecule has 0 fully saturated rings. The van der Waals surface area contributed by atoms with Crippen LogP contribution in [0.3, 0.4) is 0 Å². The molecule has 0 unspecified atom stereocenters. The van der Waals surface area contributed by atoms with Crippen molar-refractivity contribution in [1.82, 2.24) is 4.98 Å². The molecule has 1 aromatic carbocycles. The van der Waals surface area contributed by atoms with E-state index in [1.54, 1.807) is 0 Å². The molecule has 2 aromatic rings. The Balaban J connectivity index is 2.12. The highest BCUT2D eigenvalue weighted by atomic mass is 16.5. The number of para-hydroxylation sites is 1. The van der Waals surface area contributed by atoms with Gasteiger partial charge >= 0.3 is 5.97 Å². The van der Waals surface area contributed by atoms with Gasteiger partial charge in [-0.3, -0.25) is 9.78 Å². The molecule has 0 radical (unpaired) electrons. The summed E-state index contributed by atoms with van der Waals surface area (Å²) in [5.74, 6) is -0.578. The number of carbonyl (C=O) groups excluding carboxylic acids is 2. The lowest BCUT2D eigenvalue weighted by molar-refractivity contribution is -0.120. The van der Waals surface area contributed by atoms with Crippen LogP contribution >= 0.6 is 0 Å². The van der Waals surface area contributed by atoms with Crippen LogP contribution in [0.4, 0.5) is 0 Å². The fourth-order valence-corrected chi connectivity index (χ4v) is 2.68. The molecular formula is C16H15NO3. The Kier molecular flexibility index (Phi) is 3.22. The predicted molar refractivity (Wildman–Crippen MR) is 74.7 cm³/mol. The molecule has 0 amide bonds. The number of hydrogen-bond donors (Lipinski definition) is 0. The average molecular weight is 269 g/mol. The number of aromatic nitrogens is 1. The quantitative estimate of drug-likeness (QED) is 0.803. The third kappa shape index (κ3) is 2.18. The number of esters is 1. The molecule has 20 heavy (non-hydrogen) atoms. The minimum atomic E-state index is -0.419. The van der Waals surface area contributed by atoms with Crippen molar-refractivity contribution in [2.75, 3.05) is 6.61 Å². The summed E-state index contributed by atoms with van der Waals surface area (Å²) in [5, 5.41) is 0.807. The number of ether oxygens (including phenoxy) is 1. The minimum Gasteiger partial charge on any atom is -0.454 e. The topological polar surface area (TPSA) is 56.3 Å². The zero-order valence-corrected chi connectivity index (χ0v) is 11.3. The monoisotopic (exact) mass is 269 g/mol. The summed E-state index contributed by atoms with van der Waals surface area (Å²) >= 11 is 0. The number of Topliss-reactive ketones (excluding diaryl/α,β-unsaturated/α-hetero) is 1. The van der Waals surface area contributed by atoms with E-state index >= 15 is 0 Å². The fourth-order valence-electron chi connectivity index (χ4n) is 2.68. The summed E-state index contributed by atoms with van der Waals surface area (Å²) in [7, 11) is 0. The second-order valence-corrected chi connectivity index (χ2v) is 5.06. The van der Waals surface area contributed by atoms with Crippen molar-refractivity contribution in [3.05, 3.63) is 41.1 Å². The molecule has 1 aliphatic carbocycles. The van der Waals surface area contributed by atoms with E-state index in [1.165, 1.54) is 6.92 Å². The highest BCUT2D eigenvalue weighted by molar-refractivity contribution is 6.05. The van der Waals surface area contributed by atoms with E-state index in [2.05, 4.69) is 4.98 Å². The Hall–Kier alpha value is -2.23. The van der Waals surface area contributed by atoms with Crippen molar-refractivity contribution in [2.45, 2.75) is 26.2 Å². The summed E-state index contributed by atoms with van der Waals surface area (Å²) < 4.78 is 5.11. The van der Waals surface area contributed by atoms with Crippen LogP contribution in [-0.2, 0) is 22.4 Å². The van der Waals surface area contributed by atoms with Gasteiger partial charge in [-0.1, -0.05) is 18.2 Å². The summed E-state index contributed by atoms with van der Waals surface area (Å²) in [5.41, 5.74) is 3.36. The van der Waals surface area contributed by atoms with Gasteiger partial charge in [0.05, 0.1) is 11.1 Å². The van der Waals surface area contributed by atoms with E-state index in [0.29, 0.717) is 5.56 Å². The van der Waals surface area contributed by atoms with E-state index < -0.39 is 5.97 Å². The van der Waals surface area contributed by atoms with Crippen molar-refractivity contribution in [3.8, 4) is 0 Å². The highest BCUT2D eigenvalue weighted by Gasteiger charge is 2.24. The summed E-state index contributed by atoms with van der Waals surface area (Å²) in [6, 6.07) is 7.56. The van der Waals surface area contributed by atoms with Crippen molar-refractivity contribution >= 4 is 22.7 Å². The summed E-state index contributed by atoms with van der Waals surface area (Å²) in [6.45, 7) is 1.23. The van der Waals surface area contributed by atoms with Gasteiger partial charge in [0.2, 0.25) is 0 Å². The first-order valence-corrected chi connectivity index (χ1v) is 6.74. The first-order valence-electron chi connectivity index (χ1n) is 6.74. The third-order valence-electron chi connectivity index (χ3n) is 3.53. The smallest absolute Gasteiger partial charge is 0.339 e. The Labute approximate surface area is 116 Å². The lowest BCUT2D eigenvalue weighted by atomic mass is 10.0. The Morgan fingerprint density at radius 3 is 2.85 bits per heavy atom. The van der Waals surface area contributed by atoms with Crippen molar-refractivity contribution in [1.29, 1.82) is 0 Å². The van der Waals surface area contributed by atoms with Gasteiger partial charge in [0.1, 0.15) is 6.61 Å². The van der Waals surface area contributed by atoms with Crippen LogP contribution in [0.1, 0.15) is 35.0 Å². The number of fused-ring (bicyclic) bond motifs is 2. The second kappa shape index (κ2) is 5.04. The van der Waals surface area contributed by atoms with Crippen molar-refractivity contribution < 1.29 is 14.3 Å². The lowest BCUT2D eigenvalue weighted by Gasteiger charge is -2.11. The Bertz CT molecular complexity index is 706. The van der Waals surface area contributed by atoms with Crippen molar-refractivity contribution in [3.63, 3.8) is 0 Å². The number of nitrogens with zero attached hydrogens (tertiary/aromatic N) is 1. The highest BCUT2D eigenvalue weighted by Crippen LogP contribution is 2.30. The zero-order valence-electron chi connectivity index (χ0n) is 11.3. The minimum absolute atomic E-state index is 0.159. The van der Waals surface area contributed by atoms with Crippen LogP contribution in [0.5, 0.6) is 0 Å². The number of aryl methyl sites for hydroxylation is 1. The van der Waals surface area contributed by atoms with Crippen LogP contribution in [0.15, 0.2) is 24.3 Å². The van der Waals surface area contributed by atoms with E-state index in [4.69, 9.17) is 4.74 Å². The van der Waals surface area contributed by atoms with Crippen LogP contribution in [0, 0.1) is 0 Å². The number of carbonyl (C=O) groups is 2. The number of benzene rings is 1. The molecule has 102 valence electrons. The predicted octanol–water partition coefficient (Wildman–Crippen LogP) is 2.47. The fraction of sp³-hybridized carbons (Fsp3) is 0.312. The van der Waals surface area contributed by atoms with Gasteiger partial charge < -0.3 is 4.74 Å². The van der Waals surface area contributed by atoms with Gasteiger partial charge in [-0.25, -0.2) is 4.79 Å². The number of pyridine rings is 1. The summed E-state index contributed by atoms with van der Waals surface area (Å²) in [4.78, 5) is 27.9. The van der Waals surface area contributed by atoms with E-state index in [-0.39, 0.29) is 12.4 Å².